The van der Waals surface area contributed by atoms with E-state index >= 15 is 0 Å². The molecule has 0 aliphatic heterocycles. The second-order valence-corrected chi connectivity index (χ2v) is 8.53. The largest absolute Gasteiger partial charge is 0.321 e. The van der Waals surface area contributed by atoms with E-state index in [1.54, 1.807) is 29.7 Å². The molecule has 5 nitrogen and oxygen atoms in total. The predicted molar refractivity (Wildman–Crippen MR) is 133 cm³/mol. The lowest BCUT2D eigenvalue weighted by molar-refractivity contribution is 0.102. The van der Waals surface area contributed by atoms with Gasteiger partial charge in [-0.25, -0.2) is 4.98 Å². The van der Waals surface area contributed by atoms with Crippen LogP contribution in [0.15, 0.2) is 97.2 Å². The molecule has 2 heterocycles. The Hall–Kier alpha value is -3.87. The van der Waals surface area contributed by atoms with Crippen LogP contribution >= 0.6 is 22.9 Å². The second-order valence-electron chi connectivity index (χ2n) is 7.20. The molecule has 33 heavy (non-hydrogen) atoms. The summed E-state index contributed by atoms with van der Waals surface area (Å²) in [6.07, 6.45) is 1.55. The number of nitrogens with zero attached hydrogens (tertiary/aromatic N) is 3. The van der Waals surface area contributed by atoms with Crippen LogP contribution in [0.3, 0.4) is 0 Å². The number of amides is 1. The van der Waals surface area contributed by atoms with Gasteiger partial charge in [-0.05, 0) is 23.8 Å². The maximum absolute atomic E-state index is 12.7. The molecular weight excluding hydrogens is 452 g/mol. The van der Waals surface area contributed by atoms with Gasteiger partial charge in [0.05, 0.1) is 5.56 Å². The standard InChI is InChI=1S/C26H17ClN4OS/c27-23-21(10-6-16-28-23)24(32)29-22-11-5-4-9-20(22)17-12-14-19(15-13-17)26-31-30-25(33-26)18-7-2-1-3-8-18/h1-16H,(H,29,32). The highest BCUT2D eigenvalue weighted by molar-refractivity contribution is 7.17. The van der Waals surface area contributed by atoms with E-state index in [-0.39, 0.29) is 11.1 Å². The lowest BCUT2D eigenvalue weighted by Gasteiger charge is -2.12. The molecule has 0 saturated heterocycles. The number of hydrogen-bond acceptors (Lipinski definition) is 5. The zero-order valence-corrected chi connectivity index (χ0v) is 18.8. The van der Waals surface area contributed by atoms with Gasteiger partial charge in [-0.3, -0.25) is 4.79 Å². The van der Waals surface area contributed by atoms with E-state index in [1.807, 2.05) is 78.9 Å². The van der Waals surface area contributed by atoms with Crippen molar-refractivity contribution in [2.24, 2.45) is 0 Å². The number of para-hydroxylation sites is 1. The van der Waals surface area contributed by atoms with Crippen LogP contribution in [0.5, 0.6) is 0 Å². The van der Waals surface area contributed by atoms with Crippen molar-refractivity contribution >= 4 is 34.5 Å². The third kappa shape index (κ3) is 4.53. The van der Waals surface area contributed by atoms with Crippen LogP contribution in [0.2, 0.25) is 5.15 Å². The molecule has 1 amide bonds. The number of benzene rings is 3. The Kier molecular flexibility index (Phi) is 5.93. The first-order chi connectivity index (χ1) is 16.2. The number of hydrogen-bond donors (Lipinski definition) is 1. The molecule has 0 aliphatic rings. The van der Waals surface area contributed by atoms with Gasteiger partial charge in [0.1, 0.15) is 15.2 Å². The van der Waals surface area contributed by atoms with E-state index in [9.17, 15) is 4.79 Å². The third-order valence-electron chi connectivity index (χ3n) is 5.07. The Bertz CT molecular complexity index is 1420. The summed E-state index contributed by atoms with van der Waals surface area (Å²) >= 11 is 7.63. The zero-order chi connectivity index (χ0) is 22.6. The number of carbonyl (C=O) groups is 1. The number of anilines is 1. The fraction of sp³-hybridized carbons (Fsp3) is 0. The number of rotatable bonds is 5. The summed E-state index contributed by atoms with van der Waals surface area (Å²) in [6, 6.07) is 29.0. The highest BCUT2D eigenvalue weighted by Crippen LogP contribution is 2.33. The van der Waals surface area contributed by atoms with Crippen molar-refractivity contribution in [1.82, 2.24) is 15.2 Å². The Labute approximate surface area is 199 Å². The molecule has 0 spiro atoms. The number of nitrogens with one attached hydrogen (secondary N) is 1. The Balaban J connectivity index is 1.40. The molecule has 0 aliphatic carbocycles. The number of aromatic nitrogens is 3. The molecule has 1 N–H and O–H groups in total. The fourth-order valence-electron chi connectivity index (χ4n) is 3.42. The molecule has 0 radical (unpaired) electrons. The van der Waals surface area contributed by atoms with E-state index in [4.69, 9.17) is 11.6 Å². The average Bonchev–Trinajstić information content (AvgIpc) is 3.36. The minimum absolute atomic E-state index is 0.170. The summed E-state index contributed by atoms with van der Waals surface area (Å²) < 4.78 is 0. The van der Waals surface area contributed by atoms with Crippen molar-refractivity contribution in [3.63, 3.8) is 0 Å². The molecule has 7 heteroatoms. The number of pyridine rings is 1. The van der Waals surface area contributed by atoms with Gasteiger partial charge in [-0.1, -0.05) is 95.7 Å². The highest BCUT2D eigenvalue weighted by atomic mass is 35.5. The Morgan fingerprint density at radius 2 is 1.36 bits per heavy atom. The van der Waals surface area contributed by atoms with Crippen molar-refractivity contribution in [2.75, 3.05) is 5.32 Å². The third-order valence-corrected chi connectivity index (χ3v) is 6.39. The lowest BCUT2D eigenvalue weighted by Crippen LogP contribution is -2.13. The summed E-state index contributed by atoms with van der Waals surface area (Å²) in [5.74, 6) is -0.306. The van der Waals surface area contributed by atoms with Gasteiger partial charge < -0.3 is 5.32 Å². The molecule has 3 aromatic carbocycles. The molecule has 0 saturated carbocycles. The Morgan fingerprint density at radius 3 is 2.09 bits per heavy atom. The van der Waals surface area contributed by atoms with Crippen LogP contribution < -0.4 is 5.32 Å². The number of halogens is 1. The SMILES string of the molecule is O=C(Nc1ccccc1-c1ccc(-c2nnc(-c3ccccc3)s2)cc1)c1cccnc1Cl. The van der Waals surface area contributed by atoms with Gasteiger partial charge in [-0.15, -0.1) is 10.2 Å². The first-order valence-corrected chi connectivity index (χ1v) is 11.4. The van der Waals surface area contributed by atoms with E-state index < -0.39 is 0 Å². The quantitative estimate of drug-likeness (QED) is 0.287. The van der Waals surface area contributed by atoms with Gasteiger partial charge in [0.2, 0.25) is 0 Å². The maximum Gasteiger partial charge on any atom is 0.258 e. The van der Waals surface area contributed by atoms with E-state index in [0.717, 1.165) is 32.3 Å². The van der Waals surface area contributed by atoms with E-state index in [2.05, 4.69) is 20.5 Å². The summed E-state index contributed by atoms with van der Waals surface area (Å²) in [7, 11) is 0. The molecule has 5 aromatic rings. The minimum Gasteiger partial charge on any atom is -0.321 e. The van der Waals surface area contributed by atoms with Crippen LogP contribution in [0.4, 0.5) is 5.69 Å². The van der Waals surface area contributed by atoms with Crippen LogP contribution in [0, 0.1) is 0 Å². The van der Waals surface area contributed by atoms with E-state index in [0.29, 0.717) is 11.3 Å². The van der Waals surface area contributed by atoms with Crippen molar-refractivity contribution < 1.29 is 4.79 Å². The van der Waals surface area contributed by atoms with Gasteiger partial charge >= 0.3 is 0 Å². The summed E-state index contributed by atoms with van der Waals surface area (Å²) in [5.41, 5.74) is 4.94. The summed E-state index contributed by atoms with van der Waals surface area (Å²) in [5, 5.41) is 13.5. The van der Waals surface area contributed by atoms with Gasteiger partial charge in [0.25, 0.3) is 5.91 Å². The van der Waals surface area contributed by atoms with Crippen LogP contribution in [-0.4, -0.2) is 21.1 Å². The van der Waals surface area contributed by atoms with Gasteiger partial charge in [0.15, 0.2) is 0 Å². The zero-order valence-electron chi connectivity index (χ0n) is 17.3. The molecule has 5 rings (SSSR count). The van der Waals surface area contributed by atoms with Gasteiger partial charge in [0, 0.05) is 28.6 Å². The maximum atomic E-state index is 12.7. The Morgan fingerprint density at radius 1 is 0.727 bits per heavy atom. The van der Waals surface area contributed by atoms with Crippen molar-refractivity contribution in [2.45, 2.75) is 0 Å². The topological polar surface area (TPSA) is 67.8 Å². The van der Waals surface area contributed by atoms with Crippen molar-refractivity contribution in [1.29, 1.82) is 0 Å². The molecule has 0 bridgehead atoms. The second kappa shape index (κ2) is 9.32. The molecule has 0 fully saturated rings. The smallest absolute Gasteiger partial charge is 0.258 e. The summed E-state index contributed by atoms with van der Waals surface area (Å²) in [6.45, 7) is 0. The first kappa shape index (κ1) is 21.0. The monoisotopic (exact) mass is 468 g/mol. The molecular formula is C26H17ClN4OS. The molecule has 160 valence electrons. The van der Waals surface area contributed by atoms with Gasteiger partial charge in [-0.2, -0.15) is 0 Å². The van der Waals surface area contributed by atoms with Crippen LogP contribution in [0.1, 0.15) is 10.4 Å². The molecule has 0 atom stereocenters. The normalized spacial score (nSPS) is 10.7. The molecule has 2 aromatic heterocycles. The highest BCUT2D eigenvalue weighted by Gasteiger charge is 2.14. The fourth-order valence-corrected chi connectivity index (χ4v) is 4.48. The lowest BCUT2D eigenvalue weighted by atomic mass is 10.0. The first-order valence-electron chi connectivity index (χ1n) is 10.2. The van der Waals surface area contributed by atoms with Crippen molar-refractivity contribution in [3.8, 4) is 32.3 Å². The van der Waals surface area contributed by atoms with E-state index in [1.165, 1.54) is 0 Å². The minimum atomic E-state index is -0.306. The van der Waals surface area contributed by atoms with Crippen molar-refractivity contribution in [3.05, 3.63) is 108 Å². The molecule has 0 unspecified atom stereocenters. The van der Waals surface area contributed by atoms with Crippen LogP contribution in [0.25, 0.3) is 32.3 Å². The summed E-state index contributed by atoms with van der Waals surface area (Å²) in [4.78, 5) is 16.7. The predicted octanol–water partition coefficient (Wildman–Crippen LogP) is 6.84. The van der Waals surface area contributed by atoms with Crippen LogP contribution in [-0.2, 0) is 0 Å². The average molecular weight is 469 g/mol. The number of carbonyl (C=O) groups excluding carboxylic acids is 1.